The molecule has 0 fully saturated rings. The molecule has 1 N–H and O–H groups in total. The summed E-state index contributed by atoms with van der Waals surface area (Å²) in [7, 11) is 0. The predicted molar refractivity (Wildman–Crippen MR) is 92.8 cm³/mol. The summed E-state index contributed by atoms with van der Waals surface area (Å²) in [6.45, 7) is 4.07. The number of nitrogens with one attached hydrogen (secondary N) is 1. The first-order valence-electron chi connectivity index (χ1n) is 6.85. The lowest BCUT2D eigenvalue weighted by Gasteiger charge is -2.08. The third kappa shape index (κ3) is 2.83. The van der Waals surface area contributed by atoms with Gasteiger partial charge in [0, 0.05) is 26.9 Å². The number of anilines is 1. The molecule has 2 aromatic rings. The van der Waals surface area contributed by atoms with Gasteiger partial charge in [0.05, 0.1) is 0 Å². The van der Waals surface area contributed by atoms with Gasteiger partial charge in [0.15, 0.2) is 0 Å². The van der Waals surface area contributed by atoms with Crippen molar-refractivity contribution in [3.05, 3.63) is 70.7 Å². The molecule has 1 heterocycles. The fourth-order valence-electron chi connectivity index (χ4n) is 2.35. The predicted octanol–water partition coefficient (Wildman–Crippen LogP) is 4.51. The summed E-state index contributed by atoms with van der Waals surface area (Å²) in [6.07, 6.45) is 3.54. The van der Waals surface area contributed by atoms with Crippen LogP contribution in [0.3, 0.4) is 0 Å². The molecule has 0 atom stereocenters. The molecule has 4 heteroatoms. The van der Waals surface area contributed by atoms with Crippen LogP contribution in [0.4, 0.5) is 5.69 Å². The smallest absolute Gasteiger partial charge is 0.256 e. The number of fused-ring (bicyclic) bond motifs is 1. The Morgan fingerprint density at radius 1 is 1.23 bits per heavy atom. The molecule has 0 spiro atoms. The highest BCUT2D eigenvalue weighted by molar-refractivity contribution is 9.10. The summed E-state index contributed by atoms with van der Waals surface area (Å²) in [5, 5.41) is 2.87. The zero-order valence-corrected chi connectivity index (χ0v) is 13.4. The number of halogens is 1. The van der Waals surface area contributed by atoms with Gasteiger partial charge >= 0.3 is 0 Å². The third-order valence-electron chi connectivity index (χ3n) is 3.34. The molecule has 0 saturated carbocycles. The Hall–Kier alpha value is -2.33. The highest BCUT2D eigenvalue weighted by atomic mass is 79.9. The lowest BCUT2D eigenvalue weighted by Crippen LogP contribution is -2.03. The van der Waals surface area contributed by atoms with E-state index in [-0.39, 0.29) is 5.91 Å². The minimum Gasteiger partial charge on any atom is -0.489 e. The van der Waals surface area contributed by atoms with E-state index >= 15 is 0 Å². The van der Waals surface area contributed by atoms with Crippen LogP contribution in [0.15, 0.2) is 59.6 Å². The van der Waals surface area contributed by atoms with E-state index < -0.39 is 0 Å². The van der Waals surface area contributed by atoms with Crippen LogP contribution in [-0.4, -0.2) is 12.5 Å². The number of amides is 1. The third-order valence-corrected chi connectivity index (χ3v) is 3.83. The van der Waals surface area contributed by atoms with E-state index in [1.54, 1.807) is 6.08 Å². The maximum atomic E-state index is 12.2. The van der Waals surface area contributed by atoms with Crippen LogP contribution in [0.1, 0.15) is 11.1 Å². The lowest BCUT2D eigenvalue weighted by atomic mass is 10.0. The second kappa shape index (κ2) is 6.20. The minimum atomic E-state index is -0.101. The van der Waals surface area contributed by atoms with Crippen LogP contribution in [0.5, 0.6) is 5.75 Å². The Morgan fingerprint density at radius 2 is 2.05 bits per heavy atom. The van der Waals surface area contributed by atoms with E-state index in [9.17, 15) is 4.79 Å². The van der Waals surface area contributed by atoms with Crippen LogP contribution < -0.4 is 10.1 Å². The van der Waals surface area contributed by atoms with Crippen LogP contribution in [0.2, 0.25) is 0 Å². The first-order chi connectivity index (χ1) is 10.7. The van der Waals surface area contributed by atoms with Crippen molar-refractivity contribution in [1.82, 2.24) is 0 Å². The van der Waals surface area contributed by atoms with Gasteiger partial charge in [-0.1, -0.05) is 46.8 Å². The van der Waals surface area contributed by atoms with Gasteiger partial charge in [-0.3, -0.25) is 4.79 Å². The summed E-state index contributed by atoms with van der Waals surface area (Å²) >= 11 is 3.46. The van der Waals surface area contributed by atoms with Crippen LogP contribution in [-0.2, 0) is 4.79 Å². The Morgan fingerprint density at radius 3 is 2.86 bits per heavy atom. The summed E-state index contributed by atoms with van der Waals surface area (Å²) < 4.78 is 6.59. The molecular formula is C18H14BrNO2. The van der Waals surface area contributed by atoms with Crippen molar-refractivity contribution in [2.45, 2.75) is 0 Å². The van der Waals surface area contributed by atoms with Crippen molar-refractivity contribution in [2.24, 2.45) is 0 Å². The topological polar surface area (TPSA) is 38.3 Å². The maximum Gasteiger partial charge on any atom is 0.256 e. The van der Waals surface area contributed by atoms with Crippen molar-refractivity contribution in [1.29, 1.82) is 0 Å². The number of benzene rings is 2. The second-order valence-electron chi connectivity index (χ2n) is 4.84. The SMILES string of the molecule is C=CCOc1ccc(Br)cc1C=C1C(=O)Nc2ccccc21. The zero-order chi connectivity index (χ0) is 15.5. The molecule has 110 valence electrons. The molecule has 0 aromatic heterocycles. The van der Waals surface area contributed by atoms with Gasteiger partial charge in [0.25, 0.3) is 5.91 Å². The monoisotopic (exact) mass is 355 g/mol. The molecule has 0 bridgehead atoms. The number of hydrogen-bond acceptors (Lipinski definition) is 2. The van der Waals surface area contributed by atoms with E-state index in [0.717, 1.165) is 21.3 Å². The highest BCUT2D eigenvalue weighted by Crippen LogP contribution is 2.35. The molecule has 1 aliphatic rings. The molecule has 0 aliphatic carbocycles. The van der Waals surface area contributed by atoms with Crippen LogP contribution >= 0.6 is 15.9 Å². The molecule has 0 radical (unpaired) electrons. The number of ether oxygens (including phenoxy) is 1. The normalized spacial score (nSPS) is 14.6. The molecule has 1 amide bonds. The van der Waals surface area contributed by atoms with Crippen molar-refractivity contribution in [3.63, 3.8) is 0 Å². The molecular weight excluding hydrogens is 342 g/mol. The van der Waals surface area contributed by atoms with E-state index in [2.05, 4.69) is 27.8 Å². The highest BCUT2D eigenvalue weighted by Gasteiger charge is 2.23. The summed E-state index contributed by atoms with van der Waals surface area (Å²) in [4.78, 5) is 12.2. The summed E-state index contributed by atoms with van der Waals surface area (Å²) in [6, 6.07) is 13.4. The zero-order valence-electron chi connectivity index (χ0n) is 11.8. The quantitative estimate of drug-likeness (QED) is 0.647. The van der Waals surface area contributed by atoms with Gasteiger partial charge in [-0.15, -0.1) is 0 Å². The van der Waals surface area contributed by atoms with Gasteiger partial charge in [-0.25, -0.2) is 0 Å². The average Bonchev–Trinajstić information content (AvgIpc) is 2.83. The molecule has 1 aliphatic heterocycles. The van der Waals surface area contributed by atoms with Crippen molar-refractivity contribution in [2.75, 3.05) is 11.9 Å². The van der Waals surface area contributed by atoms with Gasteiger partial charge < -0.3 is 10.1 Å². The van der Waals surface area contributed by atoms with Crippen molar-refractivity contribution < 1.29 is 9.53 Å². The minimum absolute atomic E-state index is 0.101. The lowest BCUT2D eigenvalue weighted by molar-refractivity contribution is -0.110. The molecule has 3 rings (SSSR count). The Bertz CT molecular complexity index is 780. The van der Waals surface area contributed by atoms with E-state index in [0.29, 0.717) is 17.9 Å². The number of rotatable bonds is 4. The van der Waals surface area contributed by atoms with E-state index in [1.165, 1.54) is 0 Å². The first-order valence-corrected chi connectivity index (χ1v) is 7.64. The van der Waals surface area contributed by atoms with Gasteiger partial charge in [-0.2, -0.15) is 0 Å². The van der Waals surface area contributed by atoms with Gasteiger partial charge in [0.2, 0.25) is 0 Å². The van der Waals surface area contributed by atoms with Crippen molar-refractivity contribution in [3.8, 4) is 5.75 Å². The van der Waals surface area contributed by atoms with Crippen molar-refractivity contribution >= 4 is 39.2 Å². The Balaban J connectivity index is 2.06. The second-order valence-corrected chi connectivity index (χ2v) is 5.76. The molecule has 3 nitrogen and oxygen atoms in total. The van der Waals surface area contributed by atoms with Gasteiger partial charge in [-0.05, 0) is 30.3 Å². The molecule has 0 unspecified atom stereocenters. The Kier molecular flexibility index (Phi) is 4.11. The Labute approximate surface area is 137 Å². The van der Waals surface area contributed by atoms with Crippen LogP contribution in [0, 0.1) is 0 Å². The van der Waals surface area contributed by atoms with Gasteiger partial charge in [0.1, 0.15) is 12.4 Å². The first kappa shape index (κ1) is 14.6. The summed E-state index contributed by atoms with van der Waals surface area (Å²) in [5.74, 6) is 0.614. The largest absolute Gasteiger partial charge is 0.489 e. The molecule has 22 heavy (non-hydrogen) atoms. The van der Waals surface area contributed by atoms with Crippen LogP contribution in [0.25, 0.3) is 11.6 Å². The average molecular weight is 356 g/mol. The maximum absolute atomic E-state index is 12.2. The standard InChI is InChI=1S/C18H14BrNO2/c1-2-9-22-17-8-7-13(19)10-12(17)11-15-14-5-3-4-6-16(14)20-18(15)21/h2-8,10-11H,1,9H2,(H,20,21). The van der Waals surface area contributed by atoms with E-state index in [1.807, 2.05) is 48.5 Å². The number of para-hydroxylation sites is 1. The number of hydrogen-bond donors (Lipinski definition) is 1. The fourth-order valence-corrected chi connectivity index (χ4v) is 2.73. The number of carbonyl (C=O) groups is 1. The molecule has 2 aromatic carbocycles. The molecule has 0 saturated heterocycles. The fraction of sp³-hybridized carbons (Fsp3) is 0.0556. The summed E-state index contributed by atoms with van der Waals surface area (Å²) in [5.41, 5.74) is 3.22. The number of carbonyl (C=O) groups excluding carboxylic acids is 1. The van der Waals surface area contributed by atoms with E-state index in [4.69, 9.17) is 4.74 Å².